The molecule has 4 heteroatoms. The summed E-state index contributed by atoms with van der Waals surface area (Å²) in [6, 6.07) is 35.3. The van der Waals surface area contributed by atoms with Gasteiger partial charge in [-0.1, -0.05) is 61.5 Å². The van der Waals surface area contributed by atoms with Gasteiger partial charge in [0.25, 0.3) is 0 Å². The zero-order chi connectivity index (χ0) is 24.6. The number of rotatable bonds is 9. The fraction of sp³-hybridized carbons (Fsp3) is 0.125. The maximum atomic E-state index is 5.25. The minimum absolute atomic E-state index is 0.791. The van der Waals surface area contributed by atoms with Crippen molar-refractivity contribution in [2.45, 2.75) is 26.2 Å². The van der Waals surface area contributed by atoms with E-state index in [9.17, 15) is 0 Å². The monoisotopic (exact) mass is 470 g/mol. The van der Waals surface area contributed by atoms with Crippen LogP contribution in [-0.4, -0.2) is 20.6 Å². The molecule has 0 unspecified atom stereocenters. The highest BCUT2D eigenvalue weighted by Crippen LogP contribution is 2.27. The van der Waals surface area contributed by atoms with Gasteiger partial charge in [0, 0.05) is 24.8 Å². The minimum atomic E-state index is 0.791. The molecular weight excluding hydrogens is 440 g/mol. The highest BCUT2D eigenvalue weighted by molar-refractivity contribution is 6.43. The lowest BCUT2D eigenvalue weighted by atomic mass is 10.0. The number of aryl methyl sites for hydroxylation is 1. The van der Waals surface area contributed by atoms with E-state index >= 15 is 0 Å². The molecule has 3 aromatic carbocycles. The van der Waals surface area contributed by atoms with Crippen LogP contribution in [0.25, 0.3) is 11.4 Å². The Hall–Kier alpha value is -4.44. The van der Waals surface area contributed by atoms with Gasteiger partial charge in [0.2, 0.25) is 0 Å². The first-order chi connectivity index (χ1) is 17.8. The molecule has 0 saturated carbocycles. The van der Waals surface area contributed by atoms with Gasteiger partial charge in [0.1, 0.15) is 0 Å². The number of hydrogen-bond donors (Lipinski definition) is 0. The summed E-state index contributed by atoms with van der Waals surface area (Å²) in [5.74, 6) is 0. The average molecular weight is 471 g/mol. The molecule has 36 heavy (non-hydrogen) atoms. The topological polar surface area (TPSA) is 34.6 Å². The van der Waals surface area contributed by atoms with Gasteiger partial charge in [0.15, 0.2) is 0 Å². The van der Waals surface area contributed by atoms with Crippen molar-refractivity contribution in [2.24, 2.45) is 9.98 Å². The Morgan fingerprint density at radius 2 is 1.03 bits per heavy atom. The van der Waals surface area contributed by atoms with Crippen LogP contribution in [0.3, 0.4) is 0 Å². The maximum Gasteiger partial charge on any atom is 0.0873 e. The summed E-state index contributed by atoms with van der Waals surface area (Å²) in [5.41, 5.74) is 7.32. The van der Waals surface area contributed by atoms with E-state index in [2.05, 4.69) is 108 Å². The largest absolute Gasteiger partial charge is 0.322 e. The van der Waals surface area contributed by atoms with Gasteiger partial charge in [0.05, 0.1) is 34.2 Å². The van der Waals surface area contributed by atoms with Crippen molar-refractivity contribution in [2.75, 3.05) is 0 Å². The number of hydrogen-bond acceptors (Lipinski definition) is 2. The lowest BCUT2D eigenvalue weighted by Crippen LogP contribution is -2.15. The summed E-state index contributed by atoms with van der Waals surface area (Å²) >= 11 is 0. The normalized spacial score (nSPS) is 12.1. The molecule has 0 radical (unpaired) electrons. The molecule has 5 rings (SSSR count). The van der Waals surface area contributed by atoms with Gasteiger partial charge < -0.3 is 9.13 Å². The van der Waals surface area contributed by atoms with Crippen LogP contribution in [0.1, 0.15) is 25.3 Å². The summed E-state index contributed by atoms with van der Waals surface area (Å²) in [6.07, 6.45) is 10.7. The SMILES string of the molecule is CCC(=Nc1ccccc1-n1cccc1)C(CCc1ccccc1)=Nc1ccccc1-n1cccc1. The van der Waals surface area contributed by atoms with Gasteiger partial charge in [-0.3, -0.25) is 0 Å². The second-order valence-electron chi connectivity index (χ2n) is 8.61. The first-order valence-electron chi connectivity index (χ1n) is 12.5. The molecule has 2 aromatic heterocycles. The Morgan fingerprint density at radius 3 is 1.56 bits per heavy atom. The van der Waals surface area contributed by atoms with E-state index in [0.29, 0.717) is 0 Å². The van der Waals surface area contributed by atoms with Crippen molar-refractivity contribution in [3.05, 3.63) is 133 Å². The fourth-order valence-corrected chi connectivity index (χ4v) is 4.35. The summed E-state index contributed by atoms with van der Waals surface area (Å²) in [5, 5.41) is 0. The van der Waals surface area contributed by atoms with Crippen molar-refractivity contribution in [1.29, 1.82) is 0 Å². The Balaban J connectivity index is 1.58. The van der Waals surface area contributed by atoms with Gasteiger partial charge in [-0.15, -0.1) is 0 Å². The van der Waals surface area contributed by atoms with Crippen LogP contribution in [0.4, 0.5) is 11.4 Å². The predicted molar refractivity (Wildman–Crippen MR) is 151 cm³/mol. The molecule has 178 valence electrons. The molecule has 0 amide bonds. The zero-order valence-electron chi connectivity index (χ0n) is 20.5. The smallest absolute Gasteiger partial charge is 0.0873 e. The number of aromatic nitrogens is 2. The highest BCUT2D eigenvalue weighted by Gasteiger charge is 2.13. The first kappa shape index (κ1) is 23.3. The quantitative estimate of drug-likeness (QED) is 0.195. The van der Waals surface area contributed by atoms with Gasteiger partial charge in [-0.2, -0.15) is 0 Å². The molecular formula is C32H30N4. The molecule has 0 atom stereocenters. The van der Waals surface area contributed by atoms with Crippen LogP contribution >= 0.6 is 0 Å². The molecule has 4 nitrogen and oxygen atoms in total. The van der Waals surface area contributed by atoms with E-state index in [1.54, 1.807) is 0 Å². The van der Waals surface area contributed by atoms with E-state index in [0.717, 1.165) is 53.4 Å². The van der Waals surface area contributed by atoms with E-state index in [-0.39, 0.29) is 0 Å². The van der Waals surface area contributed by atoms with Crippen molar-refractivity contribution in [3.8, 4) is 11.4 Å². The summed E-state index contributed by atoms with van der Waals surface area (Å²) in [6.45, 7) is 2.16. The molecule has 0 aliphatic heterocycles. The molecule has 0 aliphatic carbocycles. The molecule has 0 bridgehead atoms. The highest BCUT2D eigenvalue weighted by atomic mass is 15.0. The Labute approximate surface area is 212 Å². The van der Waals surface area contributed by atoms with Gasteiger partial charge >= 0.3 is 0 Å². The number of nitrogens with zero attached hydrogens (tertiary/aromatic N) is 4. The van der Waals surface area contributed by atoms with E-state index in [1.165, 1.54) is 5.56 Å². The molecule has 0 saturated heterocycles. The Bertz CT molecular complexity index is 1440. The first-order valence-corrected chi connectivity index (χ1v) is 12.5. The molecule has 2 heterocycles. The van der Waals surface area contributed by atoms with Gasteiger partial charge in [-0.05, 0) is 73.4 Å². The summed E-state index contributed by atoms with van der Waals surface area (Å²) < 4.78 is 4.21. The van der Waals surface area contributed by atoms with E-state index in [1.807, 2.05) is 36.4 Å². The number of aliphatic imine (C=N–C) groups is 2. The van der Waals surface area contributed by atoms with Crippen LogP contribution in [-0.2, 0) is 6.42 Å². The fourth-order valence-electron chi connectivity index (χ4n) is 4.35. The van der Waals surface area contributed by atoms with Crippen molar-refractivity contribution >= 4 is 22.8 Å². The average Bonchev–Trinajstić information content (AvgIpc) is 3.66. The number of benzene rings is 3. The van der Waals surface area contributed by atoms with Crippen molar-refractivity contribution in [1.82, 2.24) is 9.13 Å². The van der Waals surface area contributed by atoms with Crippen LogP contribution < -0.4 is 0 Å². The van der Waals surface area contributed by atoms with E-state index < -0.39 is 0 Å². The van der Waals surface area contributed by atoms with E-state index in [4.69, 9.17) is 9.98 Å². The van der Waals surface area contributed by atoms with Crippen LogP contribution in [0.15, 0.2) is 138 Å². The molecule has 5 aromatic rings. The summed E-state index contributed by atoms with van der Waals surface area (Å²) in [4.78, 5) is 10.4. The molecule has 0 spiro atoms. The minimum Gasteiger partial charge on any atom is -0.322 e. The lowest BCUT2D eigenvalue weighted by Gasteiger charge is -2.14. The second-order valence-corrected chi connectivity index (χ2v) is 8.61. The van der Waals surface area contributed by atoms with Crippen LogP contribution in [0.5, 0.6) is 0 Å². The van der Waals surface area contributed by atoms with Crippen molar-refractivity contribution in [3.63, 3.8) is 0 Å². The standard InChI is InChI=1S/C32H30N4/c1-2-27(33-29-16-6-8-18-31(29)35-22-10-11-23-35)28(21-20-26-14-4-3-5-15-26)34-30-17-7-9-19-32(30)36-24-12-13-25-36/h3-19,22-25H,2,20-21H2,1H3. The predicted octanol–water partition coefficient (Wildman–Crippen LogP) is 8.16. The third-order valence-electron chi connectivity index (χ3n) is 6.20. The van der Waals surface area contributed by atoms with Crippen molar-refractivity contribution < 1.29 is 0 Å². The molecule has 0 N–H and O–H groups in total. The molecule has 0 fully saturated rings. The Morgan fingerprint density at radius 1 is 0.556 bits per heavy atom. The second kappa shape index (κ2) is 11.3. The number of para-hydroxylation sites is 4. The Kier molecular flexibility index (Phi) is 7.33. The lowest BCUT2D eigenvalue weighted by molar-refractivity contribution is 1.03. The third kappa shape index (κ3) is 5.44. The molecule has 0 aliphatic rings. The van der Waals surface area contributed by atoms with Gasteiger partial charge in [-0.25, -0.2) is 9.98 Å². The summed E-state index contributed by atoms with van der Waals surface area (Å²) in [7, 11) is 0. The van der Waals surface area contributed by atoms with Crippen LogP contribution in [0, 0.1) is 0 Å². The zero-order valence-corrected chi connectivity index (χ0v) is 20.5. The van der Waals surface area contributed by atoms with Crippen LogP contribution in [0.2, 0.25) is 0 Å². The third-order valence-corrected chi connectivity index (χ3v) is 6.20. The maximum absolute atomic E-state index is 5.25.